The van der Waals surface area contributed by atoms with E-state index < -0.39 is 5.54 Å². The summed E-state index contributed by atoms with van der Waals surface area (Å²) in [5.41, 5.74) is 3.15. The molecule has 1 aromatic rings. The first-order valence-electron chi connectivity index (χ1n) is 6.06. The zero-order chi connectivity index (χ0) is 12.6. The second-order valence-electron chi connectivity index (χ2n) is 5.26. The number of aryl methyl sites for hydroxylation is 2. The van der Waals surface area contributed by atoms with Crippen LogP contribution in [0.5, 0.6) is 0 Å². The highest BCUT2D eigenvalue weighted by Gasteiger charge is 2.38. The number of amides is 1. The number of carbonyl (C=O) groups is 1. The fourth-order valence-electron chi connectivity index (χ4n) is 2.33. The Balaban J connectivity index is 2.44. The number of rotatable bonds is 1. The Kier molecular flexibility index (Phi) is 2.86. The molecule has 17 heavy (non-hydrogen) atoms. The highest BCUT2D eigenvalue weighted by Crippen LogP contribution is 2.29. The molecular formula is C14H20N2O. The first kappa shape index (κ1) is 12.0. The summed E-state index contributed by atoms with van der Waals surface area (Å²) in [7, 11) is 0. The lowest BCUT2D eigenvalue weighted by Gasteiger charge is -2.43. The smallest absolute Gasteiger partial charge is 0.245 e. The Morgan fingerprint density at radius 1 is 1.29 bits per heavy atom. The molecule has 3 nitrogen and oxygen atoms in total. The van der Waals surface area contributed by atoms with Crippen molar-refractivity contribution in [1.29, 1.82) is 0 Å². The molecule has 0 radical (unpaired) electrons. The molecule has 0 aliphatic carbocycles. The molecule has 1 aliphatic rings. The fraction of sp³-hybridized carbons (Fsp3) is 0.500. The van der Waals surface area contributed by atoms with Crippen molar-refractivity contribution in [3.05, 3.63) is 29.3 Å². The molecule has 1 amide bonds. The van der Waals surface area contributed by atoms with Gasteiger partial charge in [-0.25, -0.2) is 0 Å². The lowest BCUT2D eigenvalue weighted by Crippen LogP contribution is -2.62. The van der Waals surface area contributed by atoms with E-state index in [4.69, 9.17) is 0 Å². The van der Waals surface area contributed by atoms with Crippen molar-refractivity contribution in [3.8, 4) is 0 Å². The maximum absolute atomic E-state index is 11.9. The molecule has 1 N–H and O–H groups in total. The van der Waals surface area contributed by atoms with E-state index in [0.29, 0.717) is 0 Å². The van der Waals surface area contributed by atoms with Crippen LogP contribution in [-0.4, -0.2) is 24.5 Å². The van der Waals surface area contributed by atoms with Gasteiger partial charge in [-0.1, -0.05) is 12.1 Å². The van der Waals surface area contributed by atoms with Crippen LogP contribution in [0.3, 0.4) is 0 Å². The van der Waals surface area contributed by atoms with Gasteiger partial charge in [-0.05, 0) is 44.9 Å². The monoisotopic (exact) mass is 232 g/mol. The van der Waals surface area contributed by atoms with Crippen molar-refractivity contribution in [2.75, 3.05) is 18.0 Å². The average molecular weight is 232 g/mol. The van der Waals surface area contributed by atoms with Crippen LogP contribution in [-0.2, 0) is 4.79 Å². The van der Waals surface area contributed by atoms with E-state index >= 15 is 0 Å². The van der Waals surface area contributed by atoms with Gasteiger partial charge in [0.2, 0.25) is 5.91 Å². The number of nitrogens with one attached hydrogen (secondary N) is 1. The lowest BCUT2D eigenvalue weighted by molar-refractivity contribution is -0.126. The van der Waals surface area contributed by atoms with E-state index in [-0.39, 0.29) is 5.91 Å². The Bertz CT molecular complexity index is 452. The third-order valence-corrected chi connectivity index (χ3v) is 3.51. The SMILES string of the molecule is Cc1ccc(C)c(N2CCNC(=O)C2(C)C)c1. The normalized spacial score (nSPS) is 19.1. The molecule has 0 atom stereocenters. The molecule has 2 rings (SSSR count). The van der Waals surface area contributed by atoms with Crippen LogP contribution in [0.4, 0.5) is 5.69 Å². The standard InChI is InChI=1S/C14H20N2O/c1-10-5-6-11(2)12(9-10)16-8-7-15-13(17)14(16,3)4/h5-6,9H,7-8H2,1-4H3,(H,15,17). The summed E-state index contributed by atoms with van der Waals surface area (Å²) in [5, 5.41) is 2.93. The molecule has 3 heteroatoms. The van der Waals surface area contributed by atoms with Crippen LogP contribution in [0.25, 0.3) is 0 Å². The van der Waals surface area contributed by atoms with Crippen molar-refractivity contribution in [2.45, 2.75) is 33.2 Å². The Labute approximate surface area is 103 Å². The molecule has 92 valence electrons. The number of nitrogens with zero attached hydrogens (tertiary/aromatic N) is 1. The van der Waals surface area contributed by atoms with Crippen molar-refractivity contribution >= 4 is 11.6 Å². The third-order valence-electron chi connectivity index (χ3n) is 3.51. The van der Waals surface area contributed by atoms with Gasteiger partial charge in [0.05, 0.1) is 0 Å². The zero-order valence-electron chi connectivity index (χ0n) is 11.0. The van der Waals surface area contributed by atoms with Gasteiger partial charge in [0.25, 0.3) is 0 Å². The number of piperazine rings is 1. The predicted molar refractivity (Wildman–Crippen MR) is 70.4 cm³/mol. The predicted octanol–water partition coefficient (Wildman–Crippen LogP) is 2.02. The van der Waals surface area contributed by atoms with E-state index in [1.807, 2.05) is 13.8 Å². The van der Waals surface area contributed by atoms with Gasteiger partial charge >= 0.3 is 0 Å². The van der Waals surface area contributed by atoms with Gasteiger partial charge in [0, 0.05) is 18.8 Å². The quantitative estimate of drug-likeness (QED) is 0.803. The molecule has 1 aliphatic heterocycles. The lowest BCUT2D eigenvalue weighted by atomic mass is 9.96. The summed E-state index contributed by atoms with van der Waals surface area (Å²) < 4.78 is 0. The van der Waals surface area contributed by atoms with Crippen LogP contribution in [0.15, 0.2) is 18.2 Å². The topological polar surface area (TPSA) is 32.3 Å². The van der Waals surface area contributed by atoms with Crippen molar-refractivity contribution < 1.29 is 4.79 Å². The third kappa shape index (κ3) is 2.02. The minimum absolute atomic E-state index is 0.102. The van der Waals surface area contributed by atoms with Crippen LogP contribution in [0.2, 0.25) is 0 Å². The largest absolute Gasteiger partial charge is 0.356 e. The fourth-order valence-corrected chi connectivity index (χ4v) is 2.33. The second-order valence-corrected chi connectivity index (χ2v) is 5.26. The molecule has 1 saturated heterocycles. The van der Waals surface area contributed by atoms with Gasteiger partial charge < -0.3 is 10.2 Å². The molecule has 0 spiro atoms. The highest BCUT2D eigenvalue weighted by molar-refractivity contribution is 5.90. The van der Waals surface area contributed by atoms with E-state index in [0.717, 1.165) is 13.1 Å². The molecule has 1 fully saturated rings. The van der Waals surface area contributed by atoms with Crippen LogP contribution >= 0.6 is 0 Å². The van der Waals surface area contributed by atoms with Gasteiger partial charge in [-0.2, -0.15) is 0 Å². The van der Waals surface area contributed by atoms with Crippen LogP contribution in [0.1, 0.15) is 25.0 Å². The van der Waals surface area contributed by atoms with Gasteiger partial charge in [-0.15, -0.1) is 0 Å². The van der Waals surface area contributed by atoms with Gasteiger partial charge in [0.1, 0.15) is 5.54 Å². The number of carbonyl (C=O) groups excluding carboxylic acids is 1. The van der Waals surface area contributed by atoms with Gasteiger partial charge in [0.15, 0.2) is 0 Å². The molecular weight excluding hydrogens is 212 g/mol. The van der Waals surface area contributed by atoms with Crippen molar-refractivity contribution in [3.63, 3.8) is 0 Å². The summed E-state index contributed by atoms with van der Waals surface area (Å²) >= 11 is 0. The Morgan fingerprint density at radius 3 is 2.71 bits per heavy atom. The van der Waals surface area contributed by atoms with Crippen LogP contribution < -0.4 is 10.2 Å². The Morgan fingerprint density at radius 2 is 2.00 bits per heavy atom. The molecule has 1 heterocycles. The molecule has 0 aromatic heterocycles. The Hall–Kier alpha value is -1.51. The van der Waals surface area contributed by atoms with E-state index in [9.17, 15) is 4.79 Å². The van der Waals surface area contributed by atoms with Crippen LogP contribution in [0, 0.1) is 13.8 Å². The van der Waals surface area contributed by atoms with Crippen molar-refractivity contribution in [1.82, 2.24) is 5.32 Å². The first-order valence-corrected chi connectivity index (χ1v) is 6.06. The minimum atomic E-state index is -0.475. The number of benzene rings is 1. The summed E-state index contributed by atoms with van der Waals surface area (Å²) in [6.45, 7) is 9.71. The van der Waals surface area contributed by atoms with Crippen molar-refractivity contribution in [2.24, 2.45) is 0 Å². The summed E-state index contributed by atoms with van der Waals surface area (Å²) in [5.74, 6) is 0.102. The second kappa shape index (κ2) is 4.06. The van der Waals surface area contributed by atoms with E-state index in [1.165, 1.54) is 16.8 Å². The molecule has 0 saturated carbocycles. The number of hydrogen-bond donors (Lipinski definition) is 1. The summed E-state index contributed by atoms with van der Waals surface area (Å²) in [4.78, 5) is 14.1. The maximum Gasteiger partial charge on any atom is 0.245 e. The molecule has 0 bridgehead atoms. The maximum atomic E-state index is 11.9. The van der Waals surface area contributed by atoms with Gasteiger partial charge in [-0.3, -0.25) is 4.79 Å². The average Bonchev–Trinajstić information content (AvgIpc) is 2.26. The minimum Gasteiger partial charge on any atom is -0.356 e. The first-order chi connectivity index (χ1) is 7.93. The number of hydrogen-bond acceptors (Lipinski definition) is 2. The van der Waals surface area contributed by atoms with E-state index in [1.54, 1.807) is 0 Å². The summed E-state index contributed by atoms with van der Waals surface area (Å²) in [6, 6.07) is 6.39. The van der Waals surface area contributed by atoms with E-state index in [2.05, 4.69) is 42.3 Å². The molecule has 1 aromatic carbocycles. The summed E-state index contributed by atoms with van der Waals surface area (Å²) in [6.07, 6.45) is 0. The number of anilines is 1. The molecule has 0 unspecified atom stereocenters. The zero-order valence-corrected chi connectivity index (χ0v) is 11.0. The highest BCUT2D eigenvalue weighted by atomic mass is 16.2.